The lowest BCUT2D eigenvalue weighted by atomic mass is 9.92. The van der Waals surface area contributed by atoms with Gasteiger partial charge in [-0.15, -0.1) is 10.2 Å². The maximum Gasteiger partial charge on any atom is 0.416 e. The number of ether oxygens (including phenoxy) is 3. The van der Waals surface area contributed by atoms with Gasteiger partial charge in [0.25, 0.3) is 0 Å². The molecule has 206 valence electrons. The number of nitrogens with zero attached hydrogens (tertiary/aromatic N) is 4. The van der Waals surface area contributed by atoms with Crippen LogP contribution in [0.3, 0.4) is 0 Å². The van der Waals surface area contributed by atoms with E-state index in [1.165, 1.54) is 7.11 Å². The summed E-state index contributed by atoms with van der Waals surface area (Å²) in [6.07, 6.45) is -1.17. The third kappa shape index (κ3) is 5.87. The van der Waals surface area contributed by atoms with E-state index in [1.807, 2.05) is 38.6 Å². The molecule has 2 aromatic heterocycles. The first-order valence-corrected chi connectivity index (χ1v) is 12.4. The SMILES string of the molecule is COCOc1cc(C(F)(F)F)cc(C)c1-c1cc2c(nn1)c(C1CCCN(C(=O)OC(C)(C)C)C1)cn2C. The number of carbonyl (C=O) groups excluding carboxylic acids is 1. The van der Waals surface area contributed by atoms with Crippen LogP contribution in [0, 0.1) is 6.92 Å². The summed E-state index contributed by atoms with van der Waals surface area (Å²) in [5, 5.41) is 8.90. The van der Waals surface area contributed by atoms with Crippen molar-refractivity contribution in [1.82, 2.24) is 19.7 Å². The number of fused-ring (bicyclic) bond motifs is 1. The molecule has 1 amide bonds. The molecule has 1 atom stereocenters. The topological polar surface area (TPSA) is 78.7 Å². The zero-order valence-electron chi connectivity index (χ0n) is 22.5. The van der Waals surface area contributed by atoms with Gasteiger partial charge in [0.05, 0.1) is 16.8 Å². The Hall–Kier alpha value is -3.34. The van der Waals surface area contributed by atoms with Crippen LogP contribution in [-0.2, 0) is 22.7 Å². The molecular weight excluding hydrogens is 501 g/mol. The summed E-state index contributed by atoms with van der Waals surface area (Å²) in [6, 6.07) is 3.83. The summed E-state index contributed by atoms with van der Waals surface area (Å²) in [6.45, 7) is 8.03. The molecule has 0 bridgehead atoms. The molecule has 1 fully saturated rings. The molecule has 3 heterocycles. The summed E-state index contributed by atoms with van der Waals surface area (Å²) in [4.78, 5) is 14.4. The largest absolute Gasteiger partial charge is 0.467 e. The molecule has 11 heteroatoms. The Morgan fingerprint density at radius 1 is 1.16 bits per heavy atom. The number of likely N-dealkylation sites (tertiary alicyclic amines) is 1. The molecule has 8 nitrogen and oxygen atoms in total. The molecule has 4 rings (SSSR count). The minimum atomic E-state index is -4.52. The molecule has 0 spiro atoms. The van der Waals surface area contributed by atoms with Gasteiger partial charge in [-0.25, -0.2) is 4.79 Å². The van der Waals surface area contributed by atoms with Crippen molar-refractivity contribution >= 4 is 17.1 Å². The van der Waals surface area contributed by atoms with Crippen molar-refractivity contribution in [2.45, 2.75) is 58.2 Å². The molecule has 1 aliphatic heterocycles. The van der Waals surface area contributed by atoms with E-state index in [0.717, 1.165) is 36.1 Å². The lowest BCUT2D eigenvalue weighted by molar-refractivity contribution is -0.137. The minimum absolute atomic E-state index is 0.0162. The van der Waals surface area contributed by atoms with Gasteiger partial charge in [0.2, 0.25) is 0 Å². The fourth-order valence-corrected chi connectivity index (χ4v) is 4.82. The van der Waals surface area contributed by atoms with Gasteiger partial charge < -0.3 is 23.7 Å². The second kappa shape index (κ2) is 10.4. The minimum Gasteiger partial charge on any atom is -0.467 e. The molecule has 0 radical (unpaired) electrons. The zero-order chi connectivity index (χ0) is 27.8. The van der Waals surface area contributed by atoms with Gasteiger partial charge in [0, 0.05) is 50.5 Å². The molecule has 0 aliphatic carbocycles. The van der Waals surface area contributed by atoms with Crippen molar-refractivity contribution in [3.05, 3.63) is 41.1 Å². The van der Waals surface area contributed by atoms with Crippen molar-refractivity contribution in [3.8, 4) is 17.0 Å². The first kappa shape index (κ1) is 27.7. The lowest BCUT2D eigenvalue weighted by Gasteiger charge is -2.34. The number of hydrogen-bond donors (Lipinski definition) is 0. The molecule has 38 heavy (non-hydrogen) atoms. The molecule has 3 aromatic rings. The van der Waals surface area contributed by atoms with Crippen LogP contribution >= 0.6 is 0 Å². The molecule has 1 aromatic carbocycles. The first-order valence-electron chi connectivity index (χ1n) is 12.4. The molecule has 1 unspecified atom stereocenters. The smallest absolute Gasteiger partial charge is 0.416 e. The standard InChI is InChI=1S/C27H33F3N4O4/c1-16-10-18(27(28,29)30)11-22(37-15-36-6)23(16)20-12-21-24(32-31-20)19(14-33(21)5)17-8-7-9-34(13-17)25(35)38-26(2,3)4/h10-12,14,17H,7-9,13,15H2,1-6H3. The van der Waals surface area contributed by atoms with Crippen LogP contribution in [0.2, 0.25) is 0 Å². The second-order valence-corrected chi connectivity index (χ2v) is 10.6. The van der Waals surface area contributed by atoms with Crippen LogP contribution in [-0.4, -0.2) is 58.4 Å². The Morgan fingerprint density at radius 2 is 1.89 bits per heavy atom. The van der Waals surface area contributed by atoms with E-state index in [4.69, 9.17) is 14.2 Å². The van der Waals surface area contributed by atoms with Gasteiger partial charge in [0.15, 0.2) is 6.79 Å². The van der Waals surface area contributed by atoms with Gasteiger partial charge in [-0.2, -0.15) is 13.2 Å². The van der Waals surface area contributed by atoms with Crippen molar-refractivity contribution < 1.29 is 32.2 Å². The number of aryl methyl sites for hydroxylation is 2. The van der Waals surface area contributed by atoms with Crippen LogP contribution in [0.5, 0.6) is 5.75 Å². The predicted molar refractivity (Wildman–Crippen MR) is 136 cm³/mol. The van der Waals surface area contributed by atoms with Crippen molar-refractivity contribution in [2.75, 3.05) is 27.0 Å². The zero-order valence-corrected chi connectivity index (χ0v) is 22.5. The monoisotopic (exact) mass is 534 g/mol. The van der Waals surface area contributed by atoms with E-state index in [9.17, 15) is 18.0 Å². The summed E-state index contributed by atoms with van der Waals surface area (Å²) in [7, 11) is 3.28. The predicted octanol–water partition coefficient (Wildman–Crippen LogP) is 6.06. The maximum absolute atomic E-state index is 13.5. The lowest BCUT2D eigenvalue weighted by Crippen LogP contribution is -2.42. The van der Waals surface area contributed by atoms with Gasteiger partial charge in [-0.05, 0) is 64.3 Å². The van der Waals surface area contributed by atoms with E-state index < -0.39 is 17.3 Å². The Labute approximate surface area is 219 Å². The Kier molecular flexibility index (Phi) is 7.60. The highest BCUT2D eigenvalue weighted by Crippen LogP contribution is 2.40. The highest BCUT2D eigenvalue weighted by atomic mass is 19.4. The van der Waals surface area contributed by atoms with Crippen LogP contribution in [0.15, 0.2) is 24.4 Å². The van der Waals surface area contributed by atoms with E-state index in [0.29, 0.717) is 35.4 Å². The number of aromatic nitrogens is 3. The number of amides is 1. The molecule has 1 saturated heterocycles. The molecular formula is C27H33F3N4O4. The first-order chi connectivity index (χ1) is 17.8. The fraction of sp³-hybridized carbons (Fsp3) is 0.519. The van der Waals surface area contributed by atoms with E-state index in [2.05, 4.69) is 10.2 Å². The van der Waals surface area contributed by atoms with Crippen LogP contribution in [0.4, 0.5) is 18.0 Å². The molecule has 1 aliphatic rings. The number of halogens is 3. The number of hydrogen-bond acceptors (Lipinski definition) is 6. The Morgan fingerprint density at radius 3 is 2.55 bits per heavy atom. The number of alkyl halides is 3. The average Bonchev–Trinajstić information content (AvgIpc) is 3.16. The van der Waals surface area contributed by atoms with Gasteiger partial charge in [-0.1, -0.05) is 0 Å². The van der Waals surface area contributed by atoms with Crippen LogP contribution in [0.25, 0.3) is 22.3 Å². The van der Waals surface area contributed by atoms with Crippen molar-refractivity contribution in [2.24, 2.45) is 7.05 Å². The van der Waals surface area contributed by atoms with Gasteiger partial charge >= 0.3 is 12.3 Å². The number of piperidine rings is 1. The van der Waals surface area contributed by atoms with Gasteiger partial charge in [-0.3, -0.25) is 0 Å². The third-order valence-electron chi connectivity index (χ3n) is 6.49. The Bertz CT molecular complexity index is 1330. The highest BCUT2D eigenvalue weighted by Gasteiger charge is 2.33. The number of carbonyl (C=O) groups is 1. The summed E-state index contributed by atoms with van der Waals surface area (Å²) in [5.74, 6) is 0.0658. The fourth-order valence-electron chi connectivity index (χ4n) is 4.82. The van der Waals surface area contributed by atoms with Gasteiger partial charge in [0.1, 0.15) is 16.9 Å². The normalized spacial score (nSPS) is 16.7. The van der Waals surface area contributed by atoms with Crippen molar-refractivity contribution in [3.63, 3.8) is 0 Å². The summed E-state index contributed by atoms with van der Waals surface area (Å²) in [5.41, 5.74) is 2.21. The number of methoxy groups -OCH3 is 1. The number of rotatable bonds is 5. The molecule has 0 N–H and O–H groups in total. The third-order valence-corrected chi connectivity index (χ3v) is 6.49. The van der Waals surface area contributed by atoms with Crippen molar-refractivity contribution in [1.29, 1.82) is 0 Å². The second-order valence-electron chi connectivity index (χ2n) is 10.6. The highest BCUT2D eigenvalue weighted by molar-refractivity contribution is 5.85. The quantitative estimate of drug-likeness (QED) is 0.371. The number of benzene rings is 1. The average molecular weight is 535 g/mol. The van der Waals surface area contributed by atoms with E-state index >= 15 is 0 Å². The van der Waals surface area contributed by atoms with Crippen LogP contribution < -0.4 is 4.74 Å². The summed E-state index contributed by atoms with van der Waals surface area (Å²) >= 11 is 0. The van der Waals surface area contributed by atoms with E-state index in [-0.39, 0.29) is 24.6 Å². The molecule has 0 saturated carbocycles. The van der Waals surface area contributed by atoms with E-state index in [1.54, 1.807) is 17.9 Å². The van der Waals surface area contributed by atoms with Crippen LogP contribution in [0.1, 0.15) is 56.2 Å². The Balaban J connectivity index is 1.70. The maximum atomic E-state index is 13.5. The summed E-state index contributed by atoms with van der Waals surface area (Å²) < 4.78 is 58.3.